The van der Waals surface area contributed by atoms with Crippen molar-refractivity contribution < 1.29 is 4.92 Å². The molecule has 1 aromatic carbocycles. The van der Waals surface area contributed by atoms with Gasteiger partial charge in [0.15, 0.2) is 5.69 Å². The van der Waals surface area contributed by atoms with Gasteiger partial charge in [-0.1, -0.05) is 47.7 Å². The van der Waals surface area contributed by atoms with E-state index in [1.165, 1.54) is 17.4 Å². The van der Waals surface area contributed by atoms with Gasteiger partial charge in [0.25, 0.3) is 0 Å². The molecule has 3 rings (SSSR count). The molecular weight excluding hydrogens is 304 g/mol. The number of hydrogen-bond donors (Lipinski definition) is 0. The molecule has 2 heterocycles. The Hall–Kier alpha value is -2.87. The van der Waals surface area contributed by atoms with Gasteiger partial charge >= 0.3 is 11.2 Å². The molecule has 22 heavy (non-hydrogen) atoms. The van der Waals surface area contributed by atoms with Crippen molar-refractivity contribution in [2.75, 3.05) is 0 Å². The fourth-order valence-electron chi connectivity index (χ4n) is 1.97. The number of hydrogen-bond acceptors (Lipinski definition) is 6. The Morgan fingerprint density at radius 1 is 1.27 bits per heavy atom. The Labute approximate surface area is 128 Å². The smallest absolute Gasteiger partial charge is 0.259 e. The van der Waals surface area contributed by atoms with Crippen LogP contribution < -0.4 is 5.56 Å². The molecule has 0 aliphatic rings. The van der Waals surface area contributed by atoms with Crippen molar-refractivity contribution in [1.29, 1.82) is 0 Å². The molecule has 0 aliphatic carbocycles. The lowest BCUT2D eigenvalue weighted by atomic mass is 10.2. The predicted octanol–water partition coefficient (Wildman–Crippen LogP) is 2.54. The Kier molecular flexibility index (Phi) is 3.51. The van der Waals surface area contributed by atoms with Crippen LogP contribution in [0.4, 0.5) is 5.69 Å². The second-order valence-corrected chi connectivity index (χ2v) is 5.63. The molecular formula is C14H10N4O3S. The zero-order valence-corrected chi connectivity index (χ0v) is 12.3. The molecule has 0 aliphatic heterocycles. The quantitative estimate of drug-likeness (QED) is 0.547. The molecule has 0 unspecified atom stereocenters. The third kappa shape index (κ3) is 2.51. The highest BCUT2D eigenvalue weighted by Gasteiger charge is 2.23. The van der Waals surface area contributed by atoms with Crippen LogP contribution in [0.5, 0.6) is 0 Å². The SMILES string of the molecule is Cc1nn2c(=O)c([N+](=O)[O-])c(C=Cc3ccccc3)nc2s1. The number of nitrogens with zero attached hydrogens (tertiary/aromatic N) is 4. The molecule has 0 saturated heterocycles. The van der Waals surface area contributed by atoms with Gasteiger partial charge < -0.3 is 0 Å². The molecule has 7 nitrogen and oxygen atoms in total. The van der Waals surface area contributed by atoms with Gasteiger partial charge in [-0.25, -0.2) is 4.98 Å². The Bertz CT molecular complexity index is 944. The monoisotopic (exact) mass is 314 g/mol. The van der Waals surface area contributed by atoms with Crippen LogP contribution in [0, 0.1) is 17.0 Å². The predicted molar refractivity (Wildman–Crippen MR) is 83.9 cm³/mol. The summed E-state index contributed by atoms with van der Waals surface area (Å²) in [6.45, 7) is 1.71. The lowest BCUT2D eigenvalue weighted by Crippen LogP contribution is -2.20. The molecule has 0 spiro atoms. The van der Waals surface area contributed by atoms with E-state index in [-0.39, 0.29) is 5.69 Å². The van der Waals surface area contributed by atoms with Gasteiger partial charge in [-0.2, -0.15) is 9.61 Å². The van der Waals surface area contributed by atoms with E-state index in [4.69, 9.17) is 0 Å². The van der Waals surface area contributed by atoms with E-state index in [1.807, 2.05) is 30.3 Å². The zero-order valence-electron chi connectivity index (χ0n) is 11.5. The van der Waals surface area contributed by atoms with Crippen LogP contribution in [0.3, 0.4) is 0 Å². The standard InChI is InChI=1S/C14H10N4O3S/c1-9-16-17-13(19)12(18(20)21)11(15-14(17)22-9)8-7-10-5-3-2-4-6-10/h2-8H,1H3. The number of nitro groups is 1. The van der Waals surface area contributed by atoms with Crippen molar-refractivity contribution in [3.8, 4) is 0 Å². The van der Waals surface area contributed by atoms with Crippen molar-refractivity contribution in [3.05, 3.63) is 67.1 Å². The second kappa shape index (κ2) is 5.49. The first-order chi connectivity index (χ1) is 10.6. The lowest BCUT2D eigenvalue weighted by Gasteiger charge is -1.97. The van der Waals surface area contributed by atoms with Crippen molar-refractivity contribution in [2.45, 2.75) is 6.92 Å². The summed E-state index contributed by atoms with van der Waals surface area (Å²) in [5, 5.41) is 15.8. The number of benzene rings is 1. The molecule has 0 atom stereocenters. The summed E-state index contributed by atoms with van der Waals surface area (Å²) in [4.78, 5) is 27.2. The minimum absolute atomic E-state index is 0.0301. The van der Waals surface area contributed by atoms with Crippen molar-refractivity contribution in [3.63, 3.8) is 0 Å². The molecule has 0 saturated carbocycles. The van der Waals surface area contributed by atoms with E-state index in [0.29, 0.717) is 9.97 Å². The largest absolute Gasteiger partial charge is 0.361 e. The Morgan fingerprint density at radius 3 is 2.68 bits per heavy atom. The summed E-state index contributed by atoms with van der Waals surface area (Å²) in [7, 11) is 0. The van der Waals surface area contributed by atoms with Crippen LogP contribution in [0.25, 0.3) is 17.1 Å². The molecule has 110 valence electrons. The number of rotatable bonds is 3. The fourth-order valence-corrected chi connectivity index (χ4v) is 2.72. The molecule has 8 heteroatoms. The van der Waals surface area contributed by atoms with Crippen molar-refractivity contribution >= 4 is 34.1 Å². The van der Waals surface area contributed by atoms with Crippen molar-refractivity contribution in [1.82, 2.24) is 14.6 Å². The average molecular weight is 314 g/mol. The number of aromatic nitrogens is 3. The summed E-state index contributed by atoms with van der Waals surface area (Å²) in [6.07, 6.45) is 3.16. The maximum atomic E-state index is 12.2. The molecule has 0 fully saturated rings. The second-order valence-electron chi connectivity index (χ2n) is 4.47. The Morgan fingerprint density at radius 2 is 2.00 bits per heavy atom. The summed E-state index contributed by atoms with van der Waals surface area (Å²) in [5.41, 5.74) is -0.455. The maximum absolute atomic E-state index is 12.2. The molecule has 0 N–H and O–H groups in total. The zero-order chi connectivity index (χ0) is 15.7. The summed E-state index contributed by atoms with van der Waals surface area (Å²) in [6, 6.07) is 9.28. The van der Waals surface area contributed by atoms with E-state index in [9.17, 15) is 14.9 Å². The highest BCUT2D eigenvalue weighted by molar-refractivity contribution is 7.16. The first kappa shape index (κ1) is 14.1. The third-order valence-corrected chi connectivity index (χ3v) is 3.75. The van der Waals surface area contributed by atoms with Gasteiger partial charge in [0.1, 0.15) is 5.01 Å². The third-order valence-electron chi connectivity index (χ3n) is 2.93. The summed E-state index contributed by atoms with van der Waals surface area (Å²) in [5.74, 6) is 0. The minimum Gasteiger partial charge on any atom is -0.259 e. The molecule has 0 bridgehead atoms. The first-order valence-corrected chi connectivity index (χ1v) is 7.16. The van der Waals surface area contributed by atoms with Crippen LogP contribution in [0.15, 0.2) is 35.1 Å². The van der Waals surface area contributed by atoms with Gasteiger partial charge in [-0.05, 0) is 18.6 Å². The summed E-state index contributed by atoms with van der Waals surface area (Å²) >= 11 is 1.21. The number of aryl methyl sites for hydroxylation is 1. The fraction of sp³-hybridized carbons (Fsp3) is 0.0714. The van der Waals surface area contributed by atoms with E-state index in [1.54, 1.807) is 13.0 Å². The van der Waals surface area contributed by atoms with E-state index < -0.39 is 16.2 Å². The van der Waals surface area contributed by atoms with E-state index in [0.717, 1.165) is 10.1 Å². The van der Waals surface area contributed by atoms with Gasteiger partial charge in [0, 0.05) is 0 Å². The highest BCUT2D eigenvalue weighted by atomic mass is 32.1. The lowest BCUT2D eigenvalue weighted by molar-refractivity contribution is -0.386. The van der Waals surface area contributed by atoms with Gasteiger partial charge in [0.2, 0.25) is 4.96 Å². The van der Waals surface area contributed by atoms with Crippen LogP contribution in [0.1, 0.15) is 16.3 Å². The average Bonchev–Trinajstić information content (AvgIpc) is 2.86. The van der Waals surface area contributed by atoms with Crippen LogP contribution >= 0.6 is 11.3 Å². The molecule has 2 aromatic heterocycles. The van der Waals surface area contributed by atoms with Crippen LogP contribution in [-0.2, 0) is 0 Å². The first-order valence-electron chi connectivity index (χ1n) is 6.34. The topological polar surface area (TPSA) is 90.4 Å². The molecule has 0 amide bonds. The number of fused-ring (bicyclic) bond motifs is 1. The molecule has 0 radical (unpaired) electrons. The molecule has 3 aromatic rings. The van der Waals surface area contributed by atoms with Crippen molar-refractivity contribution in [2.24, 2.45) is 0 Å². The van der Waals surface area contributed by atoms with Crippen LogP contribution in [-0.4, -0.2) is 19.5 Å². The Balaban J connectivity index is 2.19. The van der Waals surface area contributed by atoms with Gasteiger partial charge in [-0.15, -0.1) is 0 Å². The normalized spacial score (nSPS) is 11.3. The van der Waals surface area contributed by atoms with Gasteiger partial charge in [0.05, 0.1) is 4.92 Å². The van der Waals surface area contributed by atoms with Crippen LogP contribution in [0.2, 0.25) is 0 Å². The minimum atomic E-state index is -0.771. The summed E-state index contributed by atoms with van der Waals surface area (Å²) < 4.78 is 0.970. The maximum Gasteiger partial charge on any atom is 0.361 e. The van der Waals surface area contributed by atoms with Gasteiger partial charge in [-0.3, -0.25) is 14.9 Å². The highest BCUT2D eigenvalue weighted by Crippen LogP contribution is 2.18. The van der Waals surface area contributed by atoms with E-state index in [2.05, 4.69) is 10.1 Å². The van der Waals surface area contributed by atoms with E-state index >= 15 is 0 Å².